The molecule has 0 atom stereocenters. The lowest BCUT2D eigenvalue weighted by molar-refractivity contribution is 0.0957. The van der Waals surface area contributed by atoms with Crippen LogP contribution in [0.1, 0.15) is 41.7 Å². The summed E-state index contributed by atoms with van der Waals surface area (Å²) < 4.78 is 7.81. The van der Waals surface area contributed by atoms with Crippen molar-refractivity contribution < 1.29 is 9.53 Å². The van der Waals surface area contributed by atoms with Gasteiger partial charge in [-0.25, -0.2) is 4.98 Å². The average molecular weight is 386 g/mol. The van der Waals surface area contributed by atoms with Crippen LogP contribution in [0.25, 0.3) is 11.0 Å². The summed E-state index contributed by atoms with van der Waals surface area (Å²) in [6, 6.07) is 12.0. The zero-order valence-corrected chi connectivity index (χ0v) is 16.6. The van der Waals surface area contributed by atoms with E-state index >= 15 is 0 Å². The molecule has 0 spiro atoms. The number of nitrogens with one attached hydrogen (secondary N) is 1. The quantitative estimate of drug-likeness (QED) is 0.501. The summed E-state index contributed by atoms with van der Waals surface area (Å²) in [5.41, 5.74) is 2.22. The fourth-order valence-electron chi connectivity index (χ4n) is 3.15. The SMILES string of the molecule is CCOCCn1c(CCCCCNC(=O)c2cccs2)nc2ccccc21. The Morgan fingerprint density at radius 1 is 1.19 bits per heavy atom. The first kappa shape index (κ1) is 19.6. The Balaban J connectivity index is 1.46. The van der Waals surface area contributed by atoms with E-state index in [2.05, 4.69) is 28.1 Å². The smallest absolute Gasteiger partial charge is 0.261 e. The third-order valence-electron chi connectivity index (χ3n) is 4.50. The first-order chi connectivity index (χ1) is 13.3. The van der Waals surface area contributed by atoms with Gasteiger partial charge in [-0.2, -0.15) is 0 Å². The molecule has 3 aromatic rings. The Kier molecular flexibility index (Phi) is 7.42. The van der Waals surface area contributed by atoms with Crippen molar-refractivity contribution in [2.24, 2.45) is 0 Å². The predicted octanol–water partition coefficient (Wildman–Crippen LogP) is 4.28. The van der Waals surface area contributed by atoms with Gasteiger partial charge in [0.05, 0.1) is 22.5 Å². The Hall–Kier alpha value is -2.18. The minimum atomic E-state index is 0.0303. The van der Waals surface area contributed by atoms with Crippen LogP contribution < -0.4 is 5.32 Å². The van der Waals surface area contributed by atoms with Crippen molar-refractivity contribution in [2.45, 2.75) is 39.2 Å². The van der Waals surface area contributed by atoms with E-state index in [-0.39, 0.29) is 5.91 Å². The van der Waals surface area contributed by atoms with Gasteiger partial charge >= 0.3 is 0 Å². The molecule has 0 fully saturated rings. The summed E-state index contributed by atoms with van der Waals surface area (Å²) in [5.74, 6) is 1.15. The minimum absolute atomic E-state index is 0.0303. The number of aromatic nitrogens is 2. The first-order valence-electron chi connectivity index (χ1n) is 9.63. The predicted molar refractivity (Wildman–Crippen MR) is 110 cm³/mol. The first-order valence-corrected chi connectivity index (χ1v) is 10.5. The number of ether oxygens (including phenoxy) is 1. The highest BCUT2D eigenvalue weighted by molar-refractivity contribution is 7.12. The number of aryl methyl sites for hydroxylation is 1. The summed E-state index contributed by atoms with van der Waals surface area (Å²) in [4.78, 5) is 17.5. The molecule has 3 rings (SSSR count). The number of para-hydroxylation sites is 2. The van der Waals surface area contributed by atoms with Crippen LogP contribution in [0.4, 0.5) is 0 Å². The fourth-order valence-corrected chi connectivity index (χ4v) is 3.79. The van der Waals surface area contributed by atoms with E-state index in [1.54, 1.807) is 0 Å². The number of carbonyl (C=O) groups excluding carboxylic acids is 1. The molecule has 6 heteroatoms. The van der Waals surface area contributed by atoms with Crippen LogP contribution >= 0.6 is 11.3 Å². The van der Waals surface area contributed by atoms with Crippen LogP contribution in [0, 0.1) is 0 Å². The molecular formula is C21H27N3O2S. The number of benzene rings is 1. The molecule has 2 heterocycles. The summed E-state index contributed by atoms with van der Waals surface area (Å²) in [6.07, 6.45) is 4.06. The van der Waals surface area contributed by atoms with Gasteiger partial charge in [-0.1, -0.05) is 24.6 Å². The molecule has 1 aromatic carbocycles. The van der Waals surface area contributed by atoms with E-state index in [0.29, 0.717) is 6.61 Å². The lowest BCUT2D eigenvalue weighted by Gasteiger charge is -2.09. The lowest BCUT2D eigenvalue weighted by atomic mass is 10.2. The number of carbonyl (C=O) groups is 1. The van der Waals surface area contributed by atoms with Crippen LogP contribution in [0.2, 0.25) is 0 Å². The standard InChI is InChI=1S/C21H27N3O2S/c1-2-26-15-14-24-18-10-6-5-9-17(18)23-20(24)12-4-3-7-13-22-21(25)19-11-8-16-27-19/h5-6,8-11,16H,2-4,7,12-15H2,1H3,(H,22,25). The highest BCUT2D eigenvalue weighted by Gasteiger charge is 2.10. The van der Waals surface area contributed by atoms with E-state index in [0.717, 1.165) is 61.6 Å². The van der Waals surface area contributed by atoms with E-state index < -0.39 is 0 Å². The van der Waals surface area contributed by atoms with Gasteiger partial charge in [-0.05, 0) is 43.3 Å². The normalized spacial score (nSPS) is 11.1. The van der Waals surface area contributed by atoms with Gasteiger partial charge in [0.1, 0.15) is 5.82 Å². The van der Waals surface area contributed by atoms with Crippen LogP contribution in [-0.2, 0) is 17.7 Å². The average Bonchev–Trinajstić information content (AvgIpc) is 3.33. The fraction of sp³-hybridized carbons (Fsp3) is 0.429. The monoisotopic (exact) mass is 385 g/mol. The highest BCUT2D eigenvalue weighted by atomic mass is 32.1. The Bertz CT molecular complexity index is 842. The number of amides is 1. The maximum atomic E-state index is 11.9. The number of unbranched alkanes of at least 4 members (excludes halogenated alkanes) is 2. The molecule has 0 unspecified atom stereocenters. The van der Waals surface area contributed by atoms with Gasteiger partial charge in [-0.3, -0.25) is 4.79 Å². The zero-order valence-electron chi connectivity index (χ0n) is 15.8. The van der Waals surface area contributed by atoms with E-state index in [9.17, 15) is 4.79 Å². The van der Waals surface area contributed by atoms with Gasteiger partial charge in [0, 0.05) is 26.1 Å². The molecule has 0 saturated heterocycles. The summed E-state index contributed by atoms with van der Waals surface area (Å²) in [7, 11) is 0. The maximum Gasteiger partial charge on any atom is 0.261 e. The van der Waals surface area contributed by atoms with Gasteiger partial charge in [0.25, 0.3) is 5.91 Å². The van der Waals surface area contributed by atoms with Crippen LogP contribution in [-0.4, -0.2) is 35.2 Å². The van der Waals surface area contributed by atoms with E-state index in [4.69, 9.17) is 9.72 Å². The second kappa shape index (κ2) is 10.2. The maximum absolute atomic E-state index is 11.9. The van der Waals surface area contributed by atoms with Crippen molar-refractivity contribution in [3.63, 3.8) is 0 Å². The Morgan fingerprint density at radius 2 is 2.07 bits per heavy atom. The lowest BCUT2D eigenvalue weighted by Crippen LogP contribution is -2.23. The van der Waals surface area contributed by atoms with Gasteiger partial charge in [0.15, 0.2) is 0 Å². The summed E-state index contributed by atoms with van der Waals surface area (Å²) in [5, 5.41) is 4.91. The molecule has 27 heavy (non-hydrogen) atoms. The number of thiophene rings is 1. The Labute approximate surface area is 164 Å². The highest BCUT2D eigenvalue weighted by Crippen LogP contribution is 2.18. The number of hydrogen-bond donors (Lipinski definition) is 1. The number of rotatable bonds is 11. The van der Waals surface area contributed by atoms with Gasteiger partial charge in [-0.15, -0.1) is 11.3 Å². The van der Waals surface area contributed by atoms with Crippen molar-refractivity contribution in [1.82, 2.24) is 14.9 Å². The van der Waals surface area contributed by atoms with Crippen LogP contribution in [0.15, 0.2) is 41.8 Å². The molecule has 0 aliphatic carbocycles. The van der Waals surface area contributed by atoms with Gasteiger partial charge in [0.2, 0.25) is 0 Å². The molecule has 2 aromatic heterocycles. The summed E-state index contributed by atoms with van der Waals surface area (Å²) >= 11 is 1.47. The molecule has 1 amide bonds. The second-order valence-electron chi connectivity index (χ2n) is 6.41. The number of hydrogen-bond acceptors (Lipinski definition) is 4. The number of fused-ring (bicyclic) bond motifs is 1. The number of nitrogens with zero attached hydrogens (tertiary/aromatic N) is 2. The third kappa shape index (κ3) is 5.40. The van der Waals surface area contributed by atoms with Crippen molar-refractivity contribution in [3.8, 4) is 0 Å². The summed E-state index contributed by atoms with van der Waals surface area (Å²) in [6.45, 7) is 5.01. The topological polar surface area (TPSA) is 56.1 Å². The molecule has 0 radical (unpaired) electrons. The molecule has 0 aliphatic heterocycles. The molecular weight excluding hydrogens is 358 g/mol. The van der Waals surface area contributed by atoms with Crippen molar-refractivity contribution in [1.29, 1.82) is 0 Å². The van der Waals surface area contributed by atoms with E-state index in [1.807, 2.05) is 30.5 Å². The third-order valence-corrected chi connectivity index (χ3v) is 5.37. The largest absolute Gasteiger partial charge is 0.380 e. The van der Waals surface area contributed by atoms with Crippen molar-refractivity contribution in [2.75, 3.05) is 19.8 Å². The molecule has 1 N–H and O–H groups in total. The second-order valence-corrected chi connectivity index (χ2v) is 7.36. The van der Waals surface area contributed by atoms with Crippen molar-refractivity contribution >= 4 is 28.3 Å². The minimum Gasteiger partial charge on any atom is -0.380 e. The van der Waals surface area contributed by atoms with Gasteiger partial charge < -0.3 is 14.6 Å². The number of imidazole rings is 1. The molecule has 0 bridgehead atoms. The zero-order chi connectivity index (χ0) is 18.9. The molecule has 0 aliphatic rings. The molecule has 144 valence electrons. The van der Waals surface area contributed by atoms with Crippen LogP contribution in [0.3, 0.4) is 0 Å². The molecule has 5 nitrogen and oxygen atoms in total. The molecule has 0 saturated carbocycles. The van der Waals surface area contributed by atoms with Crippen molar-refractivity contribution in [3.05, 3.63) is 52.5 Å². The van der Waals surface area contributed by atoms with E-state index in [1.165, 1.54) is 16.9 Å². The Morgan fingerprint density at radius 3 is 2.89 bits per heavy atom. The van der Waals surface area contributed by atoms with Crippen LogP contribution in [0.5, 0.6) is 0 Å².